The lowest BCUT2D eigenvalue weighted by atomic mass is 10.1. The van der Waals surface area contributed by atoms with Crippen LogP contribution in [0, 0.1) is 0 Å². The number of carbonyl (C=O) groups excluding carboxylic acids is 1. The molecule has 22 heavy (non-hydrogen) atoms. The topological polar surface area (TPSA) is 99.3 Å². The van der Waals surface area contributed by atoms with Gasteiger partial charge in [-0.2, -0.15) is 8.42 Å². The fraction of sp³-hybridized carbons (Fsp3) is 0. The first-order valence-corrected chi connectivity index (χ1v) is 8.13. The number of aromatic amines is 1. The quantitative estimate of drug-likeness (QED) is 0.493. The largest absolute Gasteiger partial charge is 0.352 e. The standard InChI is InChI=1S/C13H8Cl2N2O4S/c14-6-1-8-9-2-7(15)4-11(22(19,20)21)13(9)17-12(8)10(3-6)16-5-18/h1-5,17H,(H,16,18)(H,19,20,21). The lowest BCUT2D eigenvalue weighted by molar-refractivity contribution is -0.105. The Hall–Kier alpha value is -1.80. The molecule has 3 aromatic rings. The number of benzene rings is 2. The van der Waals surface area contributed by atoms with Crippen molar-refractivity contribution in [3.8, 4) is 0 Å². The third-order valence-electron chi connectivity index (χ3n) is 3.20. The summed E-state index contributed by atoms with van der Waals surface area (Å²) in [4.78, 5) is 13.2. The highest BCUT2D eigenvalue weighted by Crippen LogP contribution is 2.37. The van der Waals surface area contributed by atoms with Gasteiger partial charge in [0, 0.05) is 20.8 Å². The van der Waals surface area contributed by atoms with Crippen LogP contribution in [0.3, 0.4) is 0 Å². The molecule has 0 atom stereocenters. The highest BCUT2D eigenvalue weighted by molar-refractivity contribution is 7.86. The van der Waals surface area contributed by atoms with Crippen LogP contribution in [0.1, 0.15) is 0 Å². The smallest absolute Gasteiger partial charge is 0.296 e. The zero-order valence-corrected chi connectivity index (χ0v) is 13.1. The van der Waals surface area contributed by atoms with Crippen molar-refractivity contribution in [1.29, 1.82) is 0 Å². The van der Waals surface area contributed by atoms with Gasteiger partial charge in [-0.3, -0.25) is 9.35 Å². The number of aromatic nitrogens is 1. The van der Waals surface area contributed by atoms with Crippen LogP contribution < -0.4 is 5.32 Å². The molecule has 1 heterocycles. The van der Waals surface area contributed by atoms with Crippen LogP contribution in [0.15, 0.2) is 29.2 Å². The van der Waals surface area contributed by atoms with E-state index in [0.29, 0.717) is 33.4 Å². The number of amides is 1. The van der Waals surface area contributed by atoms with Crippen LogP contribution in [0.2, 0.25) is 10.0 Å². The van der Waals surface area contributed by atoms with Crippen molar-refractivity contribution in [3.63, 3.8) is 0 Å². The van der Waals surface area contributed by atoms with Crippen LogP contribution in [0.5, 0.6) is 0 Å². The summed E-state index contributed by atoms with van der Waals surface area (Å²) in [6.45, 7) is 0. The highest BCUT2D eigenvalue weighted by Gasteiger charge is 2.20. The summed E-state index contributed by atoms with van der Waals surface area (Å²) in [5.74, 6) is 0. The number of anilines is 1. The summed E-state index contributed by atoms with van der Waals surface area (Å²) in [6, 6.07) is 5.81. The predicted molar refractivity (Wildman–Crippen MR) is 85.3 cm³/mol. The van der Waals surface area contributed by atoms with E-state index in [2.05, 4.69) is 10.3 Å². The molecular formula is C13H8Cl2N2O4S. The second-order valence-electron chi connectivity index (χ2n) is 4.56. The van der Waals surface area contributed by atoms with Crippen LogP contribution in [0.4, 0.5) is 5.69 Å². The molecule has 0 aliphatic carbocycles. The number of hydrogen-bond acceptors (Lipinski definition) is 3. The fourth-order valence-corrected chi connectivity index (χ4v) is 3.58. The van der Waals surface area contributed by atoms with E-state index < -0.39 is 10.1 Å². The molecule has 1 aromatic heterocycles. The van der Waals surface area contributed by atoms with Gasteiger partial charge in [0.15, 0.2) is 0 Å². The minimum Gasteiger partial charge on any atom is -0.352 e. The number of hydrogen-bond donors (Lipinski definition) is 3. The number of H-pyrrole nitrogens is 1. The number of halogens is 2. The highest BCUT2D eigenvalue weighted by atomic mass is 35.5. The van der Waals surface area contributed by atoms with E-state index in [1.54, 1.807) is 12.1 Å². The molecule has 6 nitrogen and oxygen atoms in total. The number of carbonyl (C=O) groups is 1. The second kappa shape index (κ2) is 5.13. The van der Waals surface area contributed by atoms with E-state index in [-0.39, 0.29) is 15.4 Å². The van der Waals surface area contributed by atoms with Crippen molar-refractivity contribution in [2.75, 3.05) is 5.32 Å². The van der Waals surface area contributed by atoms with Gasteiger partial charge in [-0.25, -0.2) is 0 Å². The minimum atomic E-state index is -4.47. The first-order chi connectivity index (χ1) is 10.3. The Balaban J connectivity index is 2.54. The van der Waals surface area contributed by atoms with Crippen molar-refractivity contribution in [2.45, 2.75) is 4.90 Å². The summed E-state index contributed by atoms with van der Waals surface area (Å²) in [6.07, 6.45) is 0.479. The molecule has 2 aromatic carbocycles. The number of fused-ring (bicyclic) bond motifs is 3. The fourth-order valence-electron chi connectivity index (χ4n) is 2.38. The molecular weight excluding hydrogens is 351 g/mol. The molecule has 3 rings (SSSR count). The van der Waals surface area contributed by atoms with Gasteiger partial charge in [-0.1, -0.05) is 23.2 Å². The molecule has 0 saturated carbocycles. The zero-order valence-electron chi connectivity index (χ0n) is 10.7. The average molecular weight is 359 g/mol. The molecule has 0 aliphatic rings. The SMILES string of the molecule is O=CNc1cc(Cl)cc2c1[nH]c1c(S(=O)(=O)O)cc(Cl)cc12. The first kappa shape index (κ1) is 15.1. The van der Waals surface area contributed by atoms with Crippen LogP contribution >= 0.6 is 23.2 Å². The molecule has 9 heteroatoms. The minimum absolute atomic E-state index is 0.144. The van der Waals surface area contributed by atoms with Crippen LogP contribution in [-0.4, -0.2) is 24.4 Å². The Bertz CT molecular complexity index is 1030. The summed E-state index contributed by atoms with van der Waals surface area (Å²) < 4.78 is 32.4. The third kappa shape index (κ3) is 2.42. The van der Waals surface area contributed by atoms with E-state index in [4.69, 9.17) is 23.2 Å². The lowest BCUT2D eigenvalue weighted by Crippen LogP contribution is -1.99. The van der Waals surface area contributed by atoms with Crippen molar-refractivity contribution in [3.05, 3.63) is 34.3 Å². The molecule has 1 amide bonds. The third-order valence-corrected chi connectivity index (χ3v) is 4.52. The summed E-state index contributed by atoms with van der Waals surface area (Å²) >= 11 is 11.9. The van der Waals surface area contributed by atoms with Crippen molar-refractivity contribution < 1.29 is 17.8 Å². The van der Waals surface area contributed by atoms with E-state index in [1.165, 1.54) is 6.07 Å². The summed E-state index contributed by atoms with van der Waals surface area (Å²) in [5, 5.41) is 4.01. The summed E-state index contributed by atoms with van der Waals surface area (Å²) in [7, 11) is -4.47. The van der Waals surface area contributed by atoms with Gasteiger partial charge in [0.05, 0.1) is 16.7 Å². The molecule has 0 aliphatic heterocycles. The normalized spacial score (nSPS) is 12.0. The molecule has 0 saturated heterocycles. The molecule has 0 fully saturated rings. The maximum absolute atomic E-state index is 11.5. The molecule has 0 spiro atoms. The van der Waals surface area contributed by atoms with Gasteiger partial charge in [0.1, 0.15) is 4.90 Å². The Labute approximate surface area is 134 Å². The number of nitrogens with one attached hydrogen (secondary N) is 2. The van der Waals surface area contributed by atoms with Gasteiger partial charge >= 0.3 is 0 Å². The van der Waals surface area contributed by atoms with E-state index in [0.717, 1.165) is 6.07 Å². The molecule has 3 N–H and O–H groups in total. The first-order valence-electron chi connectivity index (χ1n) is 5.93. The summed E-state index contributed by atoms with van der Waals surface area (Å²) in [5.41, 5.74) is 1.03. The lowest BCUT2D eigenvalue weighted by Gasteiger charge is -2.02. The van der Waals surface area contributed by atoms with Crippen molar-refractivity contribution in [1.82, 2.24) is 4.98 Å². The Morgan fingerprint density at radius 1 is 1.05 bits per heavy atom. The maximum atomic E-state index is 11.5. The Morgan fingerprint density at radius 2 is 1.64 bits per heavy atom. The molecule has 0 unspecified atom stereocenters. The van der Waals surface area contributed by atoms with Gasteiger partial charge in [0.25, 0.3) is 10.1 Å². The van der Waals surface area contributed by atoms with E-state index >= 15 is 0 Å². The van der Waals surface area contributed by atoms with Crippen LogP contribution in [0.25, 0.3) is 21.8 Å². The maximum Gasteiger partial charge on any atom is 0.296 e. The van der Waals surface area contributed by atoms with E-state index in [1.807, 2.05) is 0 Å². The Kier molecular flexibility index (Phi) is 3.53. The van der Waals surface area contributed by atoms with Gasteiger partial charge < -0.3 is 10.3 Å². The average Bonchev–Trinajstić information content (AvgIpc) is 2.76. The predicted octanol–water partition coefficient (Wildman–Crippen LogP) is 3.44. The molecule has 0 bridgehead atoms. The number of rotatable bonds is 3. The van der Waals surface area contributed by atoms with Crippen molar-refractivity contribution >= 4 is 67.2 Å². The van der Waals surface area contributed by atoms with Crippen LogP contribution in [-0.2, 0) is 14.9 Å². The second-order valence-corrected chi connectivity index (χ2v) is 6.83. The molecule has 0 radical (unpaired) electrons. The van der Waals surface area contributed by atoms with Gasteiger partial charge in [-0.05, 0) is 24.3 Å². The Morgan fingerprint density at radius 3 is 2.23 bits per heavy atom. The zero-order chi connectivity index (χ0) is 16.1. The van der Waals surface area contributed by atoms with Gasteiger partial charge in [-0.15, -0.1) is 0 Å². The van der Waals surface area contributed by atoms with Gasteiger partial charge in [0.2, 0.25) is 6.41 Å². The monoisotopic (exact) mass is 358 g/mol. The molecule has 114 valence electrons. The van der Waals surface area contributed by atoms with E-state index in [9.17, 15) is 17.8 Å². The van der Waals surface area contributed by atoms with Crippen molar-refractivity contribution in [2.24, 2.45) is 0 Å².